The van der Waals surface area contributed by atoms with Gasteiger partial charge in [-0.15, -0.1) is 11.3 Å². The van der Waals surface area contributed by atoms with Crippen LogP contribution in [0, 0.1) is 6.92 Å². The average Bonchev–Trinajstić information content (AvgIpc) is 3.31. The normalized spacial score (nSPS) is 16.6. The minimum Gasteiger partial charge on any atom is -0.338 e. The second-order valence-corrected chi connectivity index (χ2v) is 7.73. The van der Waals surface area contributed by atoms with Gasteiger partial charge in [0.15, 0.2) is 5.82 Å². The molecule has 1 N–H and O–H groups in total. The van der Waals surface area contributed by atoms with Crippen molar-refractivity contribution < 1.29 is 9.32 Å². The Bertz CT molecular complexity index is 898. The van der Waals surface area contributed by atoms with E-state index < -0.39 is 0 Å². The number of rotatable bonds is 4. The Hall–Kier alpha value is -2.52. The first-order valence-corrected chi connectivity index (χ1v) is 9.83. The zero-order valence-corrected chi connectivity index (χ0v) is 16.2. The van der Waals surface area contributed by atoms with Crippen LogP contribution < -0.4 is 5.32 Å². The van der Waals surface area contributed by atoms with Gasteiger partial charge in [0.2, 0.25) is 5.89 Å². The van der Waals surface area contributed by atoms with Crippen LogP contribution >= 0.6 is 11.3 Å². The van der Waals surface area contributed by atoms with Gasteiger partial charge in [0.1, 0.15) is 5.01 Å². The van der Waals surface area contributed by atoms with Gasteiger partial charge in [-0.05, 0) is 26.0 Å². The summed E-state index contributed by atoms with van der Waals surface area (Å²) < 4.78 is 6.40. The first-order chi connectivity index (χ1) is 13.1. The number of hydrogen-bond donors (Lipinski definition) is 1. The number of aromatic nitrogens is 3. The number of piperazine rings is 1. The third-order valence-electron chi connectivity index (χ3n) is 4.78. The third kappa shape index (κ3) is 3.93. The number of thiazole rings is 1. The van der Waals surface area contributed by atoms with Crippen molar-refractivity contribution in [3.8, 4) is 0 Å². The molecule has 1 unspecified atom stereocenters. The van der Waals surface area contributed by atoms with Gasteiger partial charge < -0.3 is 14.7 Å². The smallest absolute Gasteiger partial charge is 0.317 e. The van der Waals surface area contributed by atoms with E-state index in [1.54, 1.807) is 11.3 Å². The van der Waals surface area contributed by atoms with Gasteiger partial charge in [-0.1, -0.05) is 17.3 Å². The maximum atomic E-state index is 12.5. The van der Waals surface area contributed by atoms with Crippen molar-refractivity contribution >= 4 is 27.6 Å². The highest BCUT2D eigenvalue weighted by molar-refractivity contribution is 7.18. The number of hydrogen-bond acceptors (Lipinski definition) is 7. The zero-order chi connectivity index (χ0) is 18.8. The van der Waals surface area contributed by atoms with Crippen LogP contribution in [-0.2, 0) is 6.54 Å². The van der Waals surface area contributed by atoms with Gasteiger partial charge in [-0.2, -0.15) is 4.98 Å². The van der Waals surface area contributed by atoms with E-state index in [0.29, 0.717) is 31.3 Å². The molecule has 2 aromatic heterocycles. The average molecular weight is 386 g/mol. The van der Waals surface area contributed by atoms with Crippen LogP contribution in [0.25, 0.3) is 10.2 Å². The summed E-state index contributed by atoms with van der Waals surface area (Å²) in [6.45, 7) is 7.21. The van der Waals surface area contributed by atoms with Crippen molar-refractivity contribution in [1.82, 2.24) is 30.2 Å². The van der Waals surface area contributed by atoms with Crippen LogP contribution in [0.2, 0.25) is 0 Å². The van der Waals surface area contributed by atoms with Crippen molar-refractivity contribution in [1.29, 1.82) is 0 Å². The molecule has 0 bridgehead atoms. The molecule has 1 aromatic carbocycles. The fourth-order valence-corrected chi connectivity index (χ4v) is 4.12. The fraction of sp³-hybridized carbons (Fsp3) is 0.444. The molecular weight excluding hydrogens is 364 g/mol. The lowest BCUT2D eigenvalue weighted by Gasteiger charge is -2.36. The topological polar surface area (TPSA) is 87.4 Å². The highest BCUT2D eigenvalue weighted by atomic mass is 32.1. The lowest BCUT2D eigenvalue weighted by atomic mass is 10.2. The van der Waals surface area contributed by atoms with Crippen LogP contribution in [0.15, 0.2) is 28.8 Å². The zero-order valence-electron chi connectivity index (χ0n) is 15.4. The summed E-state index contributed by atoms with van der Waals surface area (Å²) in [7, 11) is 0. The number of amides is 2. The van der Waals surface area contributed by atoms with Crippen molar-refractivity contribution in [3.05, 3.63) is 41.0 Å². The van der Waals surface area contributed by atoms with Gasteiger partial charge in [-0.25, -0.2) is 9.78 Å². The monoisotopic (exact) mass is 386 g/mol. The molecule has 4 rings (SSSR count). The Morgan fingerprint density at radius 3 is 2.74 bits per heavy atom. The molecule has 2 amide bonds. The van der Waals surface area contributed by atoms with E-state index in [0.717, 1.165) is 28.3 Å². The largest absolute Gasteiger partial charge is 0.338 e. The van der Waals surface area contributed by atoms with E-state index >= 15 is 0 Å². The van der Waals surface area contributed by atoms with E-state index in [-0.39, 0.29) is 12.1 Å². The molecular formula is C18H22N6O2S. The minimum absolute atomic E-state index is 0.0461. The van der Waals surface area contributed by atoms with Crippen molar-refractivity contribution in [3.63, 3.8) is 0 Å². The molecule has 8 nitrogen and oxygen atoms in total. The molecule has 3 aromatic rings. The Balaban J connectivity index is 1.28. The lowest BCUT2D eigenvalue weighted by molar-refractivity contribution is 0.0999. The number of aryl methyl sites for hydroxylation is 1. The van der Waals surface area contributed by atoms with Gasteiger partial charge in [0.05, 0.1) is 22.8 Å². The molecule has 9 heteroatoms. The van der Waals surface area contributed by atoms with E-state index in [2.05, 4.69) is 32.3 Å². The fourth-order valence-electron chi connectivity index (χ4n) is 3.21. The number of benzene rings is 1. The summed E-state index contributed by atoms with van der Waals surface area (Å²) in [4.78, 5) is 25.4. The van der Waals surface area contributed by atoms with Gasteiger partial charge in [-0.3, -0.25) is 4.90 Å². The predicted molar refractivity (Wildman–Crippen MR) is 102 cm³/mol. The molecule has 0 aliphatic carbocycles. The second kappa shape index (κ2) is 7.61. The lowest BCUT2D eigenvalue weighted by Crippen LogP contribution is -2.52. The number of fused-ring (bicyclic) bond motifs is 1. The van der Waals surface area contributed by atoms with Crippen LogP contribution in [0.1, 0.15) is 29.7 Å². The number of nitrogens with zero attached hydrogens (tertiary/aromatic N) is 5. The Morgan fingerprint density at radius 2 is 2.04 bits per heavy atom. The molecule has 0 spiro atoms. The molecule has 3 heterocycles. The predicted octanol–water partition coefficient (Wildman–Crippen LogP) is 2.58. The molecule has 1 aliphatic rings. The number of urea groups is 1. The maximum absolute atomic E-state index is 12.5. The van der Waals surface area contributed by atoms with Crippen LogP contribution in [0.3, 0.4) is 0 Å². The SMILES string of the molecule is Cc1noc(C(C)N2CCN(C(=O)NCc3nc4ccccc4s3)CC2)n1. The molecule has 0 radical (unpaired) electrons. The Morgan fingerprint density at radius 1 is 1.26 bits per heavy atom. The quantitative estimate of drug-likeness (QED) is 0.742. The van der Waals surface area contributed by atoms with Crippen molar-refractivity contribution in [2.75, 3.05) is 26.2 Å². The van der Waals surface area contributed by atoms with Gasteiger partial charge in [0, 0.05) is 26.2 Å². The third-order valence-corrected chi connectivity index (χ3v) is 5.82. The van der Waals surface area contributed by atoms with Crippen LogP contribution in [0.5, 0.6) is 0 Å². The first kappa shape index (κ1) is 17.9. The summed E-state index contributed by atoms with van der Waals surface area (Å²) in [5, 5.41) is 7.76. The highest BCUT2D eigenvalue weighted by Gasteiger charge is 2.27. The van der Waals surface area contributed by atoms with Crippen LogP contribution in [-0.4, -0.2) is 57.1 Å². The van der Waals surface area contributed by atoms with Crippen LogP contribution in [0.4, 0.5) is 4.79 Å². The molecule has 27 heavy (non-hydrogen) atoms. The van der Waals surface area contributed by atoms with Gasteiger partial charge >= 0.3 is 6.03 Å². The molecule has 142 valence electrons. The first-order valence-electron chi connectivity index (χ1n) is 9.01. The highest BCUT2D eigenvalue weighted by Crippen LogP contribution is 2.22. The summed E-state index contributed by atoms with van der Waals surface area (Å²) in [5.41, 5.74) is 0.977. The summed E-state index contributed by atoms with van der Waals surface area (Å²) in [6.07, 6.45) is 0. The minimum atomic E-state index is -0.0461. The standard InChI is InChI=1S/C18H22N6O2S/c1-12(17-20-13(2)22-26-17)23-7-9-24(10-8-23)18(25)19-11-16-21-14-5-3-4-6-15(14)27-16/h3-6,12H,7-11H2,1-2H3,(H,19,25). The molecule has 1 fully saturated rings. The Labute approximate surface area is 161 Å². The van der Waals surface area contributed by atoms with E-state index in [1.807, 2.05) is 36.1 Å². The maximum Gasteiger partial charge on any atom is 0.317 e. The Kier molecular flexibility index (Phi) is 5.04. The summed E-state index contributed by atoms with van der Waals surface area (Å²) in [6, 6.07) is 8.01. The summed E-state index contributed by atoms with van der Waals surface area (Å²) in [5.74, 6) is 1.27. The van der Waals surface area contributed by atoms with Crippen molar-refractivity contribution in [2.45, 2.75) is 26.4 Å². The second-order valence-electron chi connectivity index (χ2n) is 6.61. The number of carbonyl (C=O) groups is 1. The number of carbonyl (C=O) groups excluding carboxylic acids is 1. The van der Waals surface area contributed by atoms with E-state index in [9.17, 15) is 4.79 Å². The molecule has 1 saturated heterocycles. The van der Waals surface area contributed by atoms with Crippen molar-refractivity contribution in [2.24, 2.45) is 0 Å². The van der Waals surface area contributed by atoms with E-state index in [1.165, 1.54) is 0 Å². The van der Waals surface area contributed by atoms with Gasteiger partial charge in [0.25, 0.3) is 0 Å². The molecule has 1 aliphatic heterocycles. The summed E-state index contributed by atoms with van der Waals surface area (Å²) >= 11 is 1.61. The number of para-hydroxylation sites is 1. The molecule has 0 saturated carbocycles. The molecule has 1 atom stereocenters. The number of nitrogens with one attached hydrogen (secondary N) is 1. The van der Waals surface area contributed by atoms with E-state index in [4.69, 9.17) is 4.52 Å².